The fraction of sp³-hybridized carbons (Fsp3) is 0.857. The second kappa shape index (κ2) is 10.9. The van der Waals surface area contributed by atoms with Gasteiger partial charge in [0, 0.05) is 32.3 Å². The highest BCUT2D eigenvalue weighted by molar-refractivity contribution is 5.72. The predicted molar refractivity (Wildman–Crippen MR) is 71.9 cm³/mol. The molecule has 0 amide bonds. The van der Waals surface area contributed by atoms with Crippen molar-refractivity contribution >= 4 is 12.3 Å². The van der Waals surface area contributed by atoms with Crippen LogP contribution in [0.25, 0.3) is 0 Å². The summed E-state index contributed by atoms with van der Waals surface area (Å²) >= 11 is 0. The fourth-order valence-corrected chi connectivity index (χ4v) is 1.95. The second-order valence-corrected chi connectivity index (χ2v) is 4.50. The molecule has 5 heteroatoms. The molecule has 0 unspecified atom stereocenters. The summed E-state index contributed by atoms with van der Waals surface area (Å²) in [7, 11) is 1.43. The predicted octanol–water partition coefficient (Wildman–Crippen LogP) is 1.83. The summed E-state index contributed by atoms with van der Waals surface area (Å²) in [6.45, 7) is 2.92. The lowest BCUT2D eigenvalue weighted by atomic mass is 10.0. The highest BCUT2D eigenvalue weighted by atomic mass is 16.5. The van der Waals surface area contributed by atoms with E-state index in [1.165, 1.54) is 7.11 Å². The molecular formula is C14H26O5. The number of carbonyl (C=O) groups excluding carboxylic acids is 2. The molecule has 0 aromatic heterocycles. The first-order valence-corrected chi connectivity index (χ1v) is 6.46. The minimum Gasteiger partial charge on any atom is -0.469 e. The van der Waals surface area contributed by atoms with Crippen LogP contribution in [-0.2, 0) is 23.8 Å². The van der Waals surface area contributed by atoms with Crippen LogP contribution in [-0.4, -0.2) is 45.8 Å². The number of carbonyl (C=O) groups is 2. The Morgan fingerprint density at radius 3 is 1.89 bits per heavy atom. The SMILES string of the molecule is C.COC(=O)C1CCOCC1.O=CC1CCOCC1. The van der Waals surface area contributed by atoms with E-state index in [1.807, 2.05) is 0 Å². The third-order valence-electron chi connectivity index (χ3n) is 3.21. The van der Waals surface area contributed by atoms with Gasteiger partial charge in [-0.15, -0.1) is 0 Å². The van der Waals surface area contributed by atoms with Crippen LogP contribution >= 0.6 is 0 Å². The number of hydrogen-bond donors (Lipinski definition) is 0. The molecule has 0 aromatic rings. The molecular weight excluding hydrogens is 248 g/mol. The molecule has 2 aliphatic rings. The van der Waals surface area contributed by atoms with E-state index >= 15 is 0 Å². The van der Waals surface area contributed by atoms with Crippen molar-refractivity contribution in [2.24, 2.45) is 11.8 Å². The maximum absolute atomic E-state index is 10.9. The number of rotatable bonds is 2. The Bertz CT molecular complexity index is 242. The highest BCUT2D eigenvalue weighted by Crippen LogP contribution is 2.15. The van der Waals surface area contributed by atoms with Crippen molar-refractivity contribution in [1.29, 1.82) is 0 Å². The first-order valence-electron chi connectivity index (χ1n) is 6.46. The van der Waals surface area contributed by atoms with E-state index in [0.717, 1.165) is 45.2 Å². The normalized spacial score (nSPS) is 20.5. The summed E-state index contributed by atoms with van der Waals surface area (Å²) in [5.74, 6) is 0.269. The van der Waals surface area contributed by atoms with E-state index in [2.05, 4.69) is 4.74 Å². The molecule has 5 nitrogen and oxygen atoms in total. The van der Waals surface area contributed by atoms with E-state index in [4.69, 9.17) is 9.47 Å². The lowest BCUT2D eigenvalue weighted by molar-refractivity contribution is -0.148. The fourth-order valence-electron chi connectivity index (χ4n) is 1.95. The third kappa shape index (κ3) is 7.28. The standard InChI is InChI=1S/C7H12O3.C6H10O2.CH4/c1-9-7(8)6-2-4-10-5-3-6;7-5-6-1-3-8-4-2-6;/h6H,2-5H2,1H3;5-6H,1-4H2;1H4. The molecule has 2 aliphatic heterocycles. The minimum absolute atomic E-state index is 0. The Labute approximate surface area is 115 Å². The second-order valence-electron chi connectivity index (χ2n) is 4.50. The van der Waals surface area contributed by atoms with Crippen molar-refractivity contribution in [2.75, 3.05) is 33.5 Å². The van der Waals surface area contributed by atoms with Gasteiger partial charge in [-0.25, -0.2) is 0 Å². The van der Waals surface area contributed by atoms with Crippen molar-refractivity contribution in [3.63, 3.8) is 0 Å². The lowest BCUT2D eigenvalue weighted by Crippen LogP contribution is -2.24. The van der Waals surface area contributed by atoms with Crippen LogP contribution in [0.4, 0.5) is 0 Å². The van der Waals surface area contributed by atoms with Gasteiger partial charge in [-0.05, 0) is 25.7 Å². The van der Waals surface area contributed by atoms with Gasteiger partial charge in [0.25, 0.3) is 0 Å². The van der Waals surface area contributed by atoms with Gasteiger partial charge in [0.15, 0.2) is 0 Å². The first-order chi connectivity index (χ1) is 8.77. The molecule has 0 radical (unpaired) electrons. The zero-order valence-electron chi connectivity index (χ0n) is 10.9. The summed E-state index contributed by atoms with van der Waals surface area (Å²) in [4.78, 5) is 21.0. The van der Waals surface area contributed by atoms with Crippen molar-refractivity contribution in [3.8, 4) is 0 Å². The molecule has 112 valence electrons. The summed E-state index contributed by atoms with van der Waals surface area (Å²) in [6, 6.07) is 0. The van der Waals surface area contributed by atoms with Crippen LogP contribution in [0.15, 0.2) is 0 Å². The van der Waals surface area contributed by atoms with Crippen LogP contribution < -0.4 is 0 Å². The molecule has 0 saturated carbocycles. The molecule has 0 aliphatic carbocycles. The van der Waals surface area contributed by atoms with Crippen LogP contribution in [0.5, 0.6) is 0 Å². The Balaban J connectivity index is 0.000000331. The van der Waals surface area contributed by atoms with Crippen LogP contribution in [0.1, 0.15) is 33.1 Å². The molecule has 2 heterocycles. The number of aldehydes is 1. The van der Waals surface area contributed by atoms with Crippen LogP contribution in [0.2, 0.25) is 0 Å². The van der Waals surface area contributed by atoms with Gasteiger partial charge in [-0.1, -0.05) is 7.43 Å². The molecule has 0 spiro atoms. The summed E-state index contributed by atoms with van der Waals surface area (Å²) in [5.41, 5.74) is 0. The van der Waals surface area contributed by atoms with Gasteiger partial charge < -0.3 is 19.0 Å². The van der Waals surface area contributed by atoms with E-state index in [-0.39, 0.29) is 25.2 Å². The molecule has 19 heavy (non-hydrogen) atoms. The van der Waals surface area contributed by atoms with Gasteiger partial charge in [0.2, 0.25) is 0 Å². The zero-order chi connectivity index (χ0) is 13.2. The van der Waals surface area contributed by atoms with Gasteiger partial charge in [0.1, 0.15) is 6.29 Å². The maximum Gasteiger partial charge on any atom is 0.308 e. The van der Waals surface area contributed by atoms with Gasteiger partial charge in [-0.3, -0.25) is 4.79 Å². The van der Waals surface area contributed by atoms with E-state index in [9.17, 15) is 9.59 Å². The Kier molecular flexibility index (Phi) is 10.4. The number of ether oxygens (including phenoxy) is 3. The van der Waals surface area contributed by atoms with Crippen molar-refractivity contribution in [1.82, 2.24) is 0 Å². The minimum atomic E-state index is -0.0942. The Morgan fingerprint density at radius 2 is 1.53 bits per heavy atom. The topological polar surface area (TPSA) is 61.8 Å². The smallest absolute Gasteiger partial charge is 0.308 e. The summed E-state index contributed by atoms with van der Waals surface area (Å²) in [5, 5.41) is 0. The monoisotopic (exact) mass is 274 g/mol. The molecule has 0 bridgehead atoms. The molecule has 2 rings (SSSR count). The number of esters is 1. The molecule has 0 N–H and O–H groups in total. The van der Waals surface area contributed by atoms with E-state index in [0.29, 0.717) is 13.2 Å². The van der Waals surface area contributed by atoms with Crippen molar-refractivity contribution in [2.45, 2.75) is 33.1 Å². The average molecular weight is 274 g/mol. The Hall–Kier alpha value is -0.940. The molecule has 2 fully saturated rings. The van der Waals surface area contributed by atoms with Gasteiger partial charge >= 0.3 is 5.97 Å². The summed E-state index contributed by atoms with van der Waals surface area (Å²) in [6.07, 6.45) is 4.49. The quantitative estimate of drug-likeness (QED) is 0.568. The van der Waals surface area contributed by atoms with Crippen LogP contribution in [0, 0.1) is 11.8 Å². The number of hydrogen-bond acceptors (Lipinski definition) is 5. The lowest BCUT2D eigenvalue weighted by Gasteiger charge is -2.19. The largest absolute Gasteiger partial charge is 0.469 e. The van der Waals surface area contributed by atoms with Crippen LogP contribution in [0.3, 0.4) is 0 Å². The molecule has 2 saturated heterocycles. The van der Waals surface area contributed by atoms with Gasteiger partial charge in [-0.2, -0.15) is 0 Å². The summed E-state index contributed by atoms with van der Waals surface area (Å²) < 4.78 is 14.7. The highest BCUT2D eigenvalue weighted by Gasteiger charge is 2.21. The van der Waals surface area contributed by atoms with Crippen molar-refractivity contribution < 1.29 is 23.8 Å². The van der Waals surface area contributed by atoms with E-state index in [1.54, 1.807) is 0 Å². The first kappa shape index (κ1) is 18.1. The molecule has 0 atom stereocenters. The van der Waals surface area contributed by atoms with Crippen molar-refractivity contribution in [3.05, 3.63) is 0 Å². The third-order valence-corrected chi connectivity index (χ3v) is 3.21. The zero-order valence-corrected chi connectivity index (χ0v) is 10.9. The maximum atomic E-state index is 10.9. The Morgan fingerprint density at radius 1 is 1.05 bits per heavy atom. The number of methoxy groups -OCH3 is 1. The van der Waals surface area contributed by atoms with E-state index < -0.39 is 0 Å². The molecule has 0 aromatic carbocycles. The average Bonchev–Trinajstić information content (AvgIpc) is 2.49. The van der Waals surface area contributed by atoms with Gasteiger partial charge in [0.05, 0.1) is 13.0 Å².